The summed E-state index contributed by atoms with van der Waals surface area (Å²) in [5.41, 5.74) is 1.59. The number of pyridine rings is 1. The average Bonchev–Trinajstić information content (AvgIpc) is 2.62. The first-order valence-corrected chi connectivity index (χ1v) is 8.24. The van der Waals surface area contributed by atoms with Gasteiger partial charge in [-0.3, -0.25) is 14.6 Å². The number of benzene rings is 1. The monoisotopic (exact) mass is 341 g/mol. The minimum atomic E-state index is -0.464. The summed E-state index contributed by atoms with van der Waals surface area (Å²) in [5, 5.41) is 2.92. The topological polar surface area (TPSA) is 62.3 Å². The molecule has 6 heteroatoms. The molecule has 1 aliphatic heterocycles. The van der Waals surface area contributed by atoms with Gasteiger partial charge in [-0.2, -0.15) is 0 Å². The molecule has 0 aliphatic carbocycles. The second-order valence-electron chi connectivity index (χ2n) is 6.22. The van der Waals surface area contributed by atoms with Crippen LogP contribution in [-0.4, -0.2) is 28.7 Å². The lowest BCUT2D eigenvalue weighted by Gasteiger charge is -2.38. The molecule has 1 aromatic carbocycles. The van der Waals surface area contributed by atoms with Gasteiger partial charge < -0.3 is 10.2 Å². The quantitative estimate of drug-likeness (QED) is 0.929. The van der Waals surface area contributed by atoms with Gasteiger partial charge in [0.1, 0.15) is 5.82 Å². The number of carbonyl (C=O) groups is 2. The maximum absolute atomic E-state index is 13.6. The number of aromatic nitrogens is 1. The summed E-state index contributed by atoms with van der Waals surface area (Å²) in [5.74, 6) is -0.955. The zero-order valence-corrected chi connectivity index (χ0v) is 14.0. The number of rotatable bonds is 4. The molecule has 0 saturated carbocycles. The van der Waals surface area contributed by atoms with Crippen LogP contribution in [0.15, 0.2) is 48.8 Å². The molecule has 5 nitrogen and oxygen atoms in total. The van der Waals surface area contributed by atoms with Gasteiger partial charge in [0.15, 0.2) is 0 Å². The van der Waals surface area contributed by atoms with Gasteiger partial charge in [0.2, 0.25) is 11.8 Å². The van der Waals surface area contributed by atoms with Crippen LogP contribution in [0.5, 0.6) is 0 Å². The van der Waals surface area contributed by atoms with Crippen molar-refractivity contribution in [3.8, 4) is 0 Å². The molecule has 1 fully saturated rings. The van der Waals surface area contributed by atoms with Crippen LogP contribution in [0, 0.1) is 11.7 Å². The SMILES string of the molecule is CN1C(=O)CCC(C(=O)NCc2ccncc2)C1c1cccc(F)c1. The predicted molar refractivity (Wildman–Crippen MR) is 90.7 cm³/mol. The van der Waals surface area contributed by atoms with E-state index in [1.54, 1.807) is 36.5 Å². The Bertz CT molecular complexity index is 766. The first-order chi connectivity index (χ1) is 12.1. The Labute approximate surface area is 145 Å². The predicted octanol–water partition coefficient (Wildman–Crippen LogP) is 2.45. The maximum atomic E-state index is 13.6. The Morgan fingerprint density at radius 3 is 2.80 bits per heavy atom. The van der Waals surface area contributed by atoms with Gasteiger partial charge in [-0.25, -0.2) is 4.39 Å². The third kappa shape index (κ3) is 3.84. The number of likely N-dealkylation sites (tertiary alicyclic amines) is 1. The van der Waals surface area contributed by atoms with Crippen molar-refractivity contribution in [2.45, 2.75) is 25.4 Å². The van der Waals surface area contributed by atoms with Gasteiger partial charge in [-0.15, -0.1) is 0 Å². The number of amides is 2. The molecule has 0 radical (unpaired) electrons. The molecule has 25 heavy (non-hydrogen) atoms. The minimum Gasteiger partial charge on any atom is -0.352 e. The molecule has 1 N–H and O–H groups in total. The third-order valence-electron chi connectivity index (χ3n) is 4.60. The van der Waals surface area contributed by atoms with Gasteiger partial charge in [0.05, 0.1) is 12.0 Å². The van der Waals surface area contributed by atoms with E-state index in [0.29, 0.717) is 24.9 Å². The van der Waals surface area contributed by atoms with E-state index in [2.05, 4.69) is 10.3 Å². The van der Waals surface area contributed by atoms with Crippen molar-refractivity contribution in [3.63, 3.8) is 0 Å². The minimum absolute atomic E-state index is 0.0348. The van der Waals surface area contributed by atoms with Crippen molar-refractivity contribution >= 4 is 11.8 Å². The van der Waals surface area contributed by atoms with Crippen LogP contribution in [0.3, 0.4) is 0 Å². The Morgan fingerprint density at radius 1 is 1.32 bits per heavy atom. The molecule has 0 bridgehead atoms. The van der Waals surface area contributed by atoms with Crippen LogP contribution in [0.25, 0.3) is 0 Å². The van der Waals surface area contributed by atoms with Crippen LogP contribution in [0.2, 0.25) is 0 Å². The molecule has 130 valence electrons. The molecular formula is C19H20FN3O2. The average molecular weight is 341 g/mol. The summed E-state index contributed by atoms with van der Waals surface area (Å²) in [7, 11) is 1.67. The summed E-state index contributed by atoms with van der Waals surface area (Å²) < 4.78 is 13.6. The molecule has 2 aromatic rings. The van der Waals surface area contributed by atoms with E-state index in [-0.39, 0.29) is 17.6 Å². The fourth-order valence-electron chi connectivity index (χ4n) is 3.28. The highest BCUT2D eigenvalue weighted by Crippen LogP contribution is 2.36. The molecular weight excluding hydrogens is 321 g/mol. The molecule has 2 amide bonds. The zero-order chi connectivity index (χ0) is 17.8. The Hall–Kier alpha value is -2.76. The van der Waals surface area contributed by atoms with Gasteiger partial charge in [0.25, 0.3) is 0 Å². The van der Waals surface area contributed by atoms with Crippen LogP contribution in [-0.2, 0) is 16.1 Å². The fourth-order valence-corrected chi connectivity index (χ4v) is 3.28. The first kappa shape index (κ1) is 17.1. The van der Waals surface area contributed by atoms with E-state index < -0.39 is 12.0 Å². The molecule has 2 atom stereocenters. The summed E-state index contributed by atoms with van der Waals surface area (Å²) in [6.07, 6.45) is 4.11. The molecule has 2 heterocycles. The Balaban J connectivity index is 1.79. The summed E-state index contributed by atoms with van der Waals surface area (Å²) >= 11 is 0. The van der Waals surface area contributed by atoms with Gasteiger partial charge in [-0.05, 0) is 41.8 Å². The number of carbonyl (C=O) groups excluding carboxylic acids is 2. The largest absolute Gasteiger partial charge is 0.352 e. The van der Waals surface area contributed by atoms with Gasteiger partial charge in [-0.1, -0.05) is 12.1 Å². The van der Waals surface area contributed by atoms with Crippen LogP contribution >= 0.6 is 0 Å². The van der Waals surface area contributed by atoms with E-state index in [0.717, 1.165) is 5.56 Å². The lowest BCUT2D eigenvalue weighted by Crippen LogP contribution is -2.46. The first-order valence-electron chi connectivity index (χ1n) is 8.24. The highest BCUT2D eigenvalue weighted by molar-refractivity contribution is 5.84. The zero-order valence-electron chi connectivity index (χ0n) is 14.0. The van der Waals surface area contributed by atoms with Gasteiger partial charge >= 0.3 is 0 Å². The normalized spacial score (nSPS) is 20.4. The third-order valence-corrected chi connectivity index (χ3v) is 4.60. The van der Waals surface area contributed by atoms with Crippen molar-refractivity contribution < 1.29 is 14.0 Å². The molecule has 1 aliphatic rings. The van der Waals surface area contributed by atoms with Crippen molar-refractivity contribution in [3.05, 3.63) is 65.7 Å². The highest BCUT2D eigenvalue weighted by atomic mass is 19.1. The Kier molecular flexibility index (Phi) is 5.07. The lowest BCUT2D eigenvalue weighted by atomic mass is 9.84. The second-order valence-corrected chi connectivity index (χ2v) is 6.22. The molecule has 2 unspecified atom stereocenters. The molecule has 3 rings (SSSR count). The maximum Gasteiger partial charge on any atom is 0.225 e. The highest BCUT2D eigenvalue weighted by Gasteiger charge is 2.38. The number of halogens is 1. The second kappa shape index (κ2) is 7.42. The summed E-state index contributed by atoms with van der Waals surface area (Å²) in [6.45, 7) is 0.394. The summed E-state index contributed by atoms with van der Waals surface area (Å²) in [6, 6.07) is 9.31. The molecule has 0 spiro atoms. The van der Waals surface area contributed by atoms with E-state index in [1.165, 1.54) is 12.1 Å². The van der Waals surface area contributed by atoms with Gasteiger partial charge in [0, 0.05) is 32.4 Å². The van der Waals surface area contributed by atoms with E-state index in [4.69, 9.17) is 0 Å². The van der Waals surface area contributed by atoms with E-state index in [1.807, 2.05) is 12.1 Å². The molecule has 1 saturated heterocycles. The van der Waals surface area contributed by atoms with Crippen molar-refractivity contribution in [1.29, 1.82) is 0 Å². The van der Waals surface area contributed by atoms with E-state index >= 15 is 0 Å². The number of nitrogens with one attached hydrogen (secondary N) is 1. The van der Waals surface area contributed by atoms with Crippen LogP contribution in [0.4, 0.5) is 4.39 Å². The fraction of sp³-hybridized carbons (Fsp3) is 0.316. The van der Waals surface area contributed by atoms with Crippen molar-refractivity contribution in [2.24, 2.45) is 5.92 Å². The van der Waals surface area contributed by atoms with Crippen molar-refractivity contribution in [1.82, 2.24) is 15.2 Å². The summed E-state index contributed by atoms with van der Waals surface area (Å²) in [4.78, 5) is 30.3. The smallest absolute Gasteiger partial charge is 0.225 e. The van der Waals surface area contributed by atoms with Crippen LogP contribution in [0.1, 0.15) is 30.0 Å². The number of piperidine rings is 1. The number of hydrogen-bond donors (Lipinski definition) is 1. The number of nitrogens with zero attached hydrogens (tertiary/aromatic N) is 2. The molecule has 1 aromatic heterocycles. The lowest BCUT2D eigenvalue weighted by molar-refractivity contribution is -0.141. The number of hydrogen-bond acceptors (Lipinski definition) is 3. The van der Waals surface area contributed by atoms with Crippen molar-refractivity contribution in [2.75, 3.05) is 7.05 Å². The van der Waals surface area contributed by atoms with E-state index in [9.17, 15) is 14.0 Å². The van der Waals surface area contributed by atoms with Crippen LogP contribution < -0.4 is 5.32 Å². The standard InChI is InChI=1S/C19H20FN3O2/c1-23-17(24)6-5-16(18(23)14-3-2-4-15(20)11-14)19(25)22-12-13-7-9-21-10-8-13/h2-4,7-11,16,18H,5-6,12H2,1H3,(H,22,25). The Morgan fingerprint density at radius 2 is 2.08 bits per heavy atom.